The second kappa shape index (κ2) is 12.5. The normalized spacial score (nSPS) is 20.9. The molecule has 0 saturated carbocycles. The van der Waals surface area contributed by atoms with Gasteiger partial charge in [-0.15, -0.1) is 0 Å². The van der Waals surface area contributed by atoms with E-state index in [1.54, 1.807) is 13.8 Å². The van der Waals surface area contributed by atoms with Gasteiger partial charge in [0.25, 0.3) is 0 Å². The number of carbonyl (C=O) groups is 3. The molecule has 1 saturated heterocycles. The van der Waals surface area contributed by atoms with Gasteiger partial charge in [0.05, 0.1) is 12.1 Å². The number of carbonyl (C=O) groups excluding carboxylic acids is 3. The molecule has 1 aliphatic rings. The number of ketones is 2. The minimum absolute atomic E-state index is 0.0274. The van der Waals surface area contributed by atoms with E-state index in [0.717, 1.165) is 18.4 Å². The maximum absolute atomic E-state index is 13.6. The lowest BCUT2D eigenvalue weighted by Crippen LogP contribution is -2.68. The van der Waals surface area contributed by atoms with Gasteiger partial charge in [0.1, 0.15) is 5.78 Å². The first-order valence-electron chi connectivity index (χ1n) is 12.8. The topological polar surface area (TPSA) is 122 Å². The Kier molecular flexibility index (Phi) is 10.4. The number of amides is 1. The van der Waals surface area contributed by atoms with E-state index in [2.05, 4.69) is 10.6 Å². The molecule has 1 aromatic carbocycles. The van der Waals surface area contributed by atoms with Crippen LogP contribution >= 0.6 is 0 Å². The van der Waals surface area contributed by atoms with E-state index >= 15 is 0 Å². The smallest absolute Gasteiger partial charge is 0.382 e. The molecule has 37 heavy (non-hydrogen) atoms. The number of unbranched alkanes of at least 4 members (excludes halogenated alkanes) is 1. The molecular formula is C27H40F3N3O4. The van der Waals surface area contributed by atoms with Crippen LogP contribution in [0.25, 0.3) is 0 Å². The zero-order valence-electron chi connectivity index (χ0n) is 22.0. The number of Topliss-reactive ketones (excluding diaryl/α,β-unsaturated/α-hetero) is 2. The van der Waals surface area contributed by atoms with Gasteiger partial charge in [-0.05, 0) is 50.1 Å². The molecule has 208 valence electrons. The van der Waals surface area contributed by atoms with Crippen LogP contribution < -0.4 is 16.4 Å². The highest BCUT2D eigenvalue weighted by molar-refractivity contribution is 6.14. The number of alkyl halides is 3. The number of rotatable bonds is 13. The van der Waals surface area contributed by atoms with Gasteiger partial charge in [-0.2, -0.15) is 13.2 Å². The van der Waals surface area contributed by atoms with Crippen LogP contribution in [0, 0.1) is 11.3 Å². The van der Waals surface area contributed by atoms with Crippen LogP contribution in [0.1, 0.15) is 65.4 Å². The maximum atomic E-state index is 13.6. The first-order chi connectivity index (χ1) is 17.1. The van der Waals surface area contributed by atoms with Gasteiger partial charge in [-0.25, -0.2) is 0 Å². The summed E-state index contributed by atoms with van der Waals surface area (Å²) in [6.45, 7) is 6.26. The fourth-order valence-electron chi connectivity index (χ4n) is 4.70. The second-order valence-electron chi connectivity index (χ2n) is 10.8. The van der Waals surface area contributed by atoms with E-state index in [1.807, 2.05) is 30.3 Å². The van der Waals surface area contributed by atoms with Crippen molar-refractivity contribution in [3.05, 3.63) is 35.9 Å². The minimum Gasteiger partial charge on any atom is -0.382 e. The zero-order valence-corrected chi connectivity index (χ0v) is 22.0. The van der Waals surface area contributed by atoms with Gasteiger partial charge >= 0.3 is 6.18 Å². The predicted octanol–water partition coefficient (Wildman–Crippen LogP) is 3.08. The Labute approximate surface area is 216 Å². The first-order valence-corrected chi connectivity index (χ1v) is 12.8. The first kappa shape index (κ1) is 30.9. The molecule has 1 aromatic rings. The fraction of sp³-hybridized carbons (Fsp3) is 0.667. The highest BCUT2D eigenvalue weighted by Gasteiger charge is 2.55. The molecule has 2 unspecified atom stereocenters. The van der Waals surface area contributed by atoms with Crippen molar-refractivity contribution in [2.75, 3.05) is 6.54 Å². The van der Waals surface area contributed by atoms with Crippen LogP contribution in [0.3, 0.4) is 0 Å². The quantitative estimate of drug-likeness (QED) is 0.231. The van der Waals surface area contributed by atoms with Gasteiger partial charge in [0.15, 0.2) is 17.4 Å². The van der Waals surface area contributed by atoms with Gasteiger partial charge < -0.3 is 16.2 Å². The van der Waals surface area contributed by atoms with Crippen molar-refractivity contribution in [2.24, 2.45) is 17.1 Å². The Morgan fingerprint density at radius 2 is 1.76 bits per heavy atom. The Morgan fingerprint density at radius 3 is 2.27 bits per heavy atom. The van der Waals surface area contributed by atoms with Gasteiger partial charge in [0.2, 0.25) is 5.91 Å². The molecule has 0 aromatic heterocycles. The van der Waals surface area contributed by atoms with Crippen molar-refractivity contribution in [1.29, 1.82) is 0 Å². The minimum atomic E-state index is -4.95. The van der Waals surface area contributed by atoms with Gasteiger partial charge in [0, 0.05) is 11.8 Å². The summed E-state index contributed by atoms with van der Waals surface area (Å²) in [5, 5.41) is 14.9. The van der Waals surface area contributed by atoms with E-state index in [1.165, 1.54) is 13.8 Å². The van der Waals surface area contributed by atoms with Crippen LogP contribution in [0.5, 0.6) is 0 Å². The molecule has 10 heteroatoms. The number of hydrogen-bond acceptors (Lipinski definition) is 6. The van der Waals surface area contributed by atoms with E-state index in [0.29, 0.717) is 12.8 Å². The van der Waals surface area contributed by atoms with Crippen molar-refractivity contribution in [3.8, 4) is 0 Å². The lowest BCUT2D eigenvalue weighted by molar-refractivity contribution is -0.215. The average molecular weight is 528 g/mol. The Morgan fingerprint density at radius 1 is 1.14 bits per heavy atom. The van der Waals surface area contributed by atoms with Crippen molar-refractivity contribution >= 4 is 17.5 Å². The molecule has 1 amide bonds. The summed E-state index contributed by atoms with van der Waals surface area (Å²) in [7, 11) is 0. The van der Waals surface area contributed by atoms with Crippen LogP contribution in [-0.2, 0) is 20.8 Å². The summed E-state index contributed by atoms with van der Waals surface area (Å²) in [5.74, 6) is -2.70. The van der Waals surface area contributed by atoms with Gasteiger partial charge in [-0.3, -0.25) is 19.7 Å². The van der Waals surface area contributed by atoms with Crippen molar-refractivity contribution in [2.45, 2.75) is 96.1 Å². The molecule has 1 heterocycles. The molecule has 7 nitrogen and oxygen atoms in total. The summed E-state index contributed by atoms with van der Waals surface area (Å²) in [4.78, 5) is 40.0. The summed E-state index contributed by atoms with van der Waals surface area (Å²) in [6.07, 6.45) is -4.89. The van der Waals surface area contributed by atoms with Crippen molar-refractivity contribution in [3.63, 3.8) is 0 Å². The lowest BCUT2D eigenvalue weighted by atomic mass is 9.72. The van der Waals surface area contributed by atoms with Crippen LogP contribution in [0.4, 0.5) is 13.2 Å². The molecule has 2 rings (SSSR count). The number of nitrogens with two attached hydrogens (primary N) is 1. The monoisotopic (exact) mass is 527 g/mol. The third-order valence-corrected chi connectivity index (χ3v) is 7.40. The predicted molar refractivity (Wildman–Crippen MR) is 135 cm³/mol. The number of nitrogens with one attached hydrogen (secondary N) is 2. The van der Waals surface area contributed by atoms with Gasteiger partial charge in [-0.1, -0.05) is 58.0 Å². The standard InChI is InChI=1S/C27H40F3N3O4/c1-17(2)20(22(35)27(28,29)30)33-24(37)26(15-10-16-32-26)23(36)21(31)25(3,4)19(34)14-9-8-13-18-11-6-5-7-12-18/h5-7,11-12,17,20-22,32,35H,8-10,13-16,31H2,1-4H3,(H,33,37)/t20?,21-,22?,26+/m1/s1. The lowest BCUT2D eigenvalue weighted by Gasteiger charge is -2.37. The van der Waals surface area contributed by atoms with E-state index < -0.39 is 52.9 Å². The highest BCUT2D eigenvalue weighted by Crippen LogP contribution is 2.32. The molecule has 5 N–H and O–H groups in total. The Bertz CT molecular complexity index is 929. The van der Waals surface area contributed by atoms with E-state index in [-0.39, 0.29) is 25.2 Å². The molecule has 4 atom stereocenters. The second-order valence-corrected chi connectivity index (χ2v) is 10.8. The maximum Gasteiger partial charge on any atom is 0.416 e. The Balaban J connectivity index is 2.11. The van der Waals surface area contributed by atoms with Crippen molar-refractivity contribution < 1.29 is 32.7 Å². The molecule has 1 fully saturated rings. The van der Waals surface area contributed by atoms with Crippen molar-refractivity contribution in [1.82, 2.24) is 10.6 Å². The molecule has 0 radical (unpaired) electrons. The summed E-state index contributed by atoms with van der Waals surface area (Å²) in [5.41, 5.74) is 4.30. The number of benzene rings is 1. The third kappa shape index (κ3) is 7.39. The largest absolute Gasteiger partial charge is 0.416 e. The van der Waals surface area contributed by atoms with E-state index in [4.69, 9.17) is 5.73 Å². The highest BCUT2D eigenvalue weighted by atomic mass is 19.4. The van der Waals surface area contributed by atoms with Crippen LogP contribution in [-0.4, -0.2) is 59.0 Å². The number of halogens is 3. The summed E-state index contributed by atoms with van der Waals surface area (Å²) in [6, 6.07) is 6.84. The fourth-order valence-corrected chi connectivity index (χ4v) is 4.70. The summed E-state index contributed by atoms with van der Waals surface area (Å²) < 4.78 is 39.6. The number of aryl methyl sites for hydroxylation is 1. The van der Waals surface area contributed by atoms with Crippen LogP contribution in [0.15, 0.2) is 30.3 Å². The molecule has 0 spiro atoms. The Hall–Kier alpha value is -2.30. The summed E-state index contributed by atoms with van der Waals surface area (Å²) >= 11 is 0. The number of aliphatic hydroxyl groups excluding tert-OH is 1. The SMILES string of the molecule is CC(C)C(NC(=O)[C@@]1(C(=O)[C@@H](N)C(C)(C)C(=O)CCCCc2ccccc2)CCCN1)C(O)C(F)(F)F. The molecule has 1 aliphatic heterocycles. The van der Waals surface area contributed by atoms with Crippen LogP contribution in [0.2, 0.25) is 0 Å². The molecule has 0 bridgehead atoms. The third-order valence-electron chi connectivity index (χ3n) is 7.40. The molecular weight excluding hydrogens is 487 g/mol. The number of aliphatic hydroxyl groups is 1. The number of hydrogen-bond donors (Lipinski definition) is 4. The van der Waals surface area contributed by atoms with E-state index in [9.17, 15) is 32.7 Å². The average Bonchev–Trinajstić information content (AvgIpc) is 3.34. The zero-order chi connectivity index (χ0) is 28.0. The molecule has 0 aliphatic carbocycles.